The molecule has 0 saturated heterocycles. The third kappa shape index (κ3) is 4.96. The highest BCUT2D eigenvalue weighted by Crippen LogP contribution is 2.26. The van der Waals surface area contributed by atoms with Gasteiger partial charge in [-0.05, 0) is 34.5 Å². The third-order valence-electron chi connectivity index (χ3n) is 2.36. The van der Waals surface area contributed by atoms with Crippen molar-refractivity contribution in [2.24, 2.45) is 0 Å². The lowest BCUT2D eigenvalue weighted by atomic mass is 10.3. The fourth-order valence-corrected chi connectivity index (χ4v) is 1.70. The van der Waals surface area contributed by atoms with Gasteiger partial charge in [0, 0.05) is 10.5 Å². The Hall–Kier alpha value is -1.23. The second-order valence-electron chi connectivity index (χ2n) is 3.77. The fourth-order valence-electron chi connectivity index (χ4n) is 1.32. The van der Waals surface area contributed by atoms with Gasteiger partial charge in [-0.15, -0.1) is 0 Å². The largest absolute Gasteiger partial charge is 0.497 e. The van der Waals surface area contributed by atoms with Crippen molar-refractivity contribution in [1.82, 2.24) is 0 Å². The predicted octanol–water partition coefficient (Wildman–Crippen LogP) is 3.21. The third-order valence-corrected chi connectivity index (χ3v) is 3.05. The van der Waals surface area contributed by atoms with Crippen LogP contribution in [0.2, 0.25) is 0 Å². The Bertz CT molecular complexity index is 396. The van der Waals surface area contributed by atoms with Crippen LogP contribution >= 0.6 is 15.9 Å². The molecule has 0 bridgehead atoms. The van der Waals surface area contributed by atoms with Crippen molar-refractivity contribution < 1.29 is 14.3 Å². The number of benzene rings is 1. The van der Waals surface area contributed by atoms with Gasteiger partial charge in [-0.2, -0.15) is 0 Å². The highest BCUT2D eigenvalue weighted by Gasteiger charge is 2.05. The molecule has 0 aliphatic heterocycles. The SMILES string of the molecule is CCCCOC(=O)CNc1cc(OC)ccc1Br. The van der Waals surface area contributed by atoms with Crippen LogP contribution in [0.1, 0.15) is 19.8 Å². The predicted molar refractivity (Wildman–Crippen MR) is 75.1 cm³/mol. The van der Waals surface area contributed by atoms with E-state index in [-0.39, 0.29) is 12.5 Å². The summed E-state index contributed by atoms with van der Waals surface area (Å²) < 4.78 is 11.1. The number of anilines is 1. The Kier molecular flexibility index (Phi) is 6.57. The quantitative estimate of drug-likeness (QED) is 0.620. The van der Waals surface area contributed by atoms with Gasteiger partial charge in [-0.25, -0.2) is 0 Å². The average molecular weight is 316 g/mol. The lowest BCUT2D eigenvalue weighted by Crippen LogP contribution is -2.17. The van der Waals surface area contributed by atoms with Crippen LogP contribution in [0.15, 0.2) is 22.7 Å². The zero-order valence-corrected chi connectivity index (χ0v) is 12.2. The number of hydrogen-bond acceptors (Lipinski definition) is 4. The van der Waals surface area contributed by atoms with Crippen molar-refractivity contribution in [3.05, 3.63) is 22.7 Å². The van der Waals surface area contributed by atoms with Crippen molar-refractivity contribution in [2.75, 3.05) is 25.6 Å². The van der Waals surface area contributed by atoms with Gasteiger partial charge in [0.1, 0.15) is 12.3 Å². The minimum Gasteiger partial charge on any atom is -0.497 e. The molecule has 0 aromatic heterocycles. The highest BCUT2D eigenvalue weighted by molar-refractivity contribution is 9.10. The summed E-state index contributed by atoms with van der Waals surface area (Å²) in [6.07, 6.45) is 1.91. The molecular weight excluding hydrogens is 298 g/mol. The zero-order valence-electron chi connectivity index (χ0n) is 10.7. The first-order chi connectivity index (χ1) is 8.67. The van der Waals surface area contributed by atoms with Gasteiger partial charge in [-0.1, -0.05) is 13.3 Å². The molecule has 18 heavy (non-hydrogen) atoms. The number of methoxy groups -OCH3 is 1. The molecule has 0 aliphatic carbocycles. The summed E-state index contributed by atoms with van der Waals surface area (Å²) in [5.41, 5.74) is 0.807. The maximum absolute atomic E-state index is 11.4. The Labute approximate surface area is 116 Å². The van der Waals surface area contributed by atoms with Gasteiger partial charge in [0.2, 0.25) is 0 Å². The monoisotopic (exact) mass is 315 g/mol. The Morgan fingerprint density at radius 1 is 1.44 bits per heavy atom. The van der Waals surface area contributed by atoms with Crippen molar-refractivity contribution in [1.29, 1.82) is 0 Å². The van der Waals surface area contributed by atoms with E-state index >= 15 is 0 Å². The summed E-state index contributed by atoms with van der Waals surface area (Å²) in [5.74, 6) is 0.484. The van der Waals surface area contributed by atoms with Crippen LogP contribution in [0.25, 0.3) is 0 Å². The number of halogens is 1. The number of carbonyl (C=O) groups excluding carboxylic acids is 1. The summed E-state index contributed by atoms with van der Waals surface area (Å²) in [6.45, 7) is 2.69. The zero-order chi connectivity index (χ0) is 13.4. The molecular formula is C13H18BrNO3. The number of carbonyl (C=O) groups is 1. The maximum atomic E-state index is 11.4. The molecule has 0 fully saturated rings. The van der Waals surface area contributed by atoms with E-state index in [1.54, 1.807) is 7.11 Å². The van der Waals surface area contributed by atoms with Crippen LogP contribution in [-0.2, 0) is 9.53 Å². The first-order valence-electron chi connectivity index (χ1n) is 5.90. The van der Waals surface area contributed by atoms with E-state index in [0.717, 1.165) is 28.8 Å². The number of rotatable bonds is 7. The summed E-state index contributed by atoms with van der Waals surface area (Å²) in [7, 11) is 1.60. The number of esters is 1. The molecule has 0 saturated carbocycles. The Balaban J connectivity index is 2.45. The van der Waals surface area contributed by atoms with Crippen LogP contribution < -0.4 is 10.1 Å². The Morgan fingerprint density at radius 3 is 2.89 bits per heavy atom. The first kappa shape index (κ1) is 14.8. The van der Waals surface area contributed by atoms with E-state index in [4.69, 9.17) is 9.47 Å². The summed E-state index contributed by atoms with van der Waals surface area (Å²) in [5, 5.41) is 3.01. The van der Waals surface area contributed by atoms with Crippen LogP contribution in [0.4, 0.5) is 5.69 Å². The van der Waals surface area contributed by atoms with E-state index < -0.39 is 0 Å². The van der Waals surface area contributed by atoms with Crippen molar-refractivity contribution >= 4 is 27.6 Å². The molecule has 0 unspecified atom stereocenters. The number of unbranched alkanes of at least 4 members (excludes halogenated alkanes) is 1. The van der Waals surface area contributed by atoms with Gasteiger partial charge in [0.05, 0.1) is 19.4 Å². The van der Waals surface area contributed by atoms with Gasteiger partial charge in [0.25, 0.3) is 0 Å². The fraction of sp³-hybridized carbons (Fsp3) is 0.462. The molecule has 1 aromatic carbocycles. The molecule has 4 nitrogen and oxygen atoms in total. The highest BCUT2D eigenvalue weighted by atomic mass is 79.9. The average Bonchev–Trinajstić information content (AvgIpc) is 2.38. The van der Waals surface area contributed by atoms with Crippen LogP contribution in [0.3, 0.4) is 0 Å². The van der Waals surface area contributed by atoms with E-state index in [2.05, 4.69) is 28.2 Å². The van der Waals surface area contributed by atoms with E-state index in [1.165, 1.54) is 0 Å². The first-order valence-corrected chi connectivity index (χ1v) is 6.69. The number of nitrogens with one attached hydrogen (secondary N) is 1. The van der Waals surface area contributed by atoms with Gasteiger partial charge < -0.3 is 14.8 Å². The number of hydrogen-bond donors (Lipinski definition) is 1. The van der Waals surface area contributed by atoms with Crippen LogP contribution in [-0.4, -0.2) is 26.2 Å². The molecule has 0 aliphatic rings. The van der Waals surface area contributed by atoms with Gasteiger partial charge in [-0.3, -0.25) is 4.79 Å². The molecule has 0 heterocycles. The Morgan fingerprint density at radius 2 is 2.22 bits per heavy atom. The van der Waals surface area contributed by atoms with Gasteiger partial charge in [0.15, 0.2) is 0 Å². The van der Waals surface area contributed by atoms with E-state index in [9.17, 15) is 4.79 Å². The molecule has 0 amide bonds. The topological polar surface area (TPSA) is 47.6 Å². The minimum absolute atomic E-state index is 0.148. The summed E-state index contributed by atoms with van der Waals surface area (Å²) in [4.78, 5) is 11.4. The van der Waals surface area contributed by atoms with Crippen molar-refractivity contribution in [3.63, 3.8) is 0 Å². The molecule has 1 N–H and O–H groups in total. The second kappa shape index (κ2) is 7.97. The molecule has 1 rings (SSSR count). The van der Waals surface area contributed by atoms with Gasteiger partial charge >= 0.3 is 5.97 Å². The number of ether oxygens (including phenoxy) is 2. The maximum Gasteiger partial charge on any atom is 0.325 e. The lowest BCUT2D eigenvalue weighted by molar-refractivity contribution is -0.141. The molecule has 0 spiro atoms. The van der Waals surface area contributed by atoms with Crippen LogP contribution in [0, 0.1) is 0 Å². The molecule has 1 aromatic rings. The smallest absolute Gasteiger partial charge is 0.325 e. The lowest BCUT2D eigenvalue weighted by Gasteiger charge is -2.10. The van der Waals surface area contributed by atoms with E-state index in [0.29, 0.717) is 6.61 Å². The normalized spacial score (nSPS) is 9.94. The molecule has 0 atom stereocenters. The van der Waals surface area contributed by atoms with E-state index in [1.807, 2.05) is 18.2 Å². The van der Waals surface area contributed by atoms with Crippen LogP contribution in [0.5, 0.6) is 5.75 Å². The summed E-state index contributed by atoms with van der Waals surface area (Å²) >= 11 is 3.40. The van der Waals surface area contributed by atoms with Crippen molar-refractivity contribution in [2.45, 2.75) is 19.8 Å². The minimum atomic E-state index is -0.252. The summed E-state index contributed by atoms with van der Waals surface area (Å²) in [6, 6.07) is 5.53. The second-order valence-corrected chi connectivity index (χ2v) is 4.63. The standard InChI is InChI=1S/C13H18BrNO3/c1-3-4-7-18-13(16)9-15-12-8-10(17-2)5-6-11(12)14/h5-6,8,15H,3-4,7,9H2,1-2H3. The molecule has 0 radical (unpaired) electrons. The molecule has 5 heteroatoms. The van der Waals surface area contributed by atoms with Crippen molar-refractivity contribution in [3.8, 4) is 5.75 Å². The molecule has 100 valence electrons.